The van der Waals surface area contributed by atoms with Crippen molar-refractivity contribution in [1.29, 1.82) is 0 Å². The molecule has 0 unspecified atom stereocenters. The third-order valence-electron chi connectivity index (χ3n) is 2.83. The first kappa shape index (κ1) is 14.9. The number of methoxy groups -OCH3 is 1. The fraction of sp³-hybridized carbons (Fsp3) is 0.143. The van der Waals surface area contributed by atoms with Crippen LogP contribution in [0.5, 0.6) is 11.6 Å². The molecule has 1 aromatic carbocycles. The predicted molar refractivity (Wildman–Crippen MR) is 79.0 cm³/mol. The Morgan fingerprint density at radius 2 is 2.10 bits per heavy atom. The molecular weight excluding hydrogens is 296 g/mol. The Kier molecular flexibility index (Phi) is 4.18. The van der Waals surface area contributed by atoms with Crippen LogP contribution in [-0.4, -0.2) is 23.4 Å². The van der Waals surface area contributed by atoms with Crippen molar-refractivity contribution in [3.63, 3.8) is 0 Å². The molecule has 0 saturated carbocycles. The first-order valence-corrected chi connectivity index (χ1v) is 6.32. The van der Waals surface area contributed by atoms with E-state index in [9.17, 15) is 4.79 Å². The number of carboxylic acid groups (broad SMARTS) is 1. The van der Waals surface area contributed by atoms with Crippen molar-refractivity contribution in [2.45, 2.75) is 6.92 Å². The van der Waals surface area contributed by atoms with Crippen LogP contribution < -0.4 is 15.2 Å². The average Bonchev–Trinajstić information content (AvgIpc) is 2.43. The van der Waals surface area contributed by atoms with E-state index in [1.54, 1.807) is 25.3 Å². The quantitative estimate of drug-likeness (QED) is 0.844. The van der Waals surface area contributed by atoms with Gasteiger partial charge in [-0.3, -0.25) is 0 Å². The number of aryl methyl sites for hydroxylation is 1. The van der Waals surface area contributed by atoms with E-state index in [0.717, 1.165) is 16.9 Å². The summed E-state index contributed by atoms with van der Waals surface area (Å²) in [5.74, 6) is 0.496. The molecule has 110 valence electrons. The molecule has 0 spiro atoms. The van der Waals surface area contributed by atoms with Gasteiger partial charge >= 0.3 is 6.16 Å². The second kappa shape index (κ2) is 5.88. The standard InChI is InChI=1S/C14H13ClN2O4/c1-7-5-8(3-4-11(7)20-2)10-6-9(16)12(15)13(17-10)21-14(18)19/h3-6H,1-2H3,(H2,16,17)(H,18,19). The number of aromatic nitrogens is 1. The normalized spacial score (nSPS) is 10.2. The van der Waals surface area contributed by atoms with E-state index in [2.05, 4.69) is 9.72 Å². The summed E-state index contributed by atoms with van der Waals surface area (Å²) in [6.07, 6.45) is -1.51. The van der Waals surface area contributed by atoms with Gasteiger partial charge in [0.25, 0.3) is 0 Å². The number of hydrogen-bond donors (Lipinski definition) is 2. The zero-order valence-electron chi connectivity index (χ0n) is 11.4. The Balaban J connectivity index is 2.51. The molecule has 7 heteroatoms. The van der Waals surface area contributed by atoms with Gasteiger partial charge in [-0.05, 0) is 36.8 Å². The van der Waals surface area contributed by atoms with E-state index in [0.29, 0.717) is 5.69 Å². The number of anilines is 1. The summed E-state index contributed by atoms with van der Waals surface area (Å²) in [6.45, 7) is 1.89. The lowest BCUT2D eigenvalue weighted by Crippen LogP contribution is -2.06. The number of carbonyl (C=O) groups is 1. The zero-order chi connectivity index (χ0) is 15.6. The molecule has 1 heterocycles. The van der Waals surface area contributed by atoms with Crippen molar-refractivity contribution in [2.75, 3.05) is 12.8 Å². The summed E-state index contributed by atoms with van der Waals surface area (Å²) in [7, 11) is 1.58. The van der Waals surface area contributed by atoms with E-state index in [1.165, 1.54) is 0 Å². The number of nitrogen functional groups attached to an aromatic ring is 1. The van der Waals surface area contributed by atoms with Gasteiger partial charge < -0.3 is 20.3 Å². The smallest absolute Gasteiger partial charge is 0.496 e. The summed E-state index contributed by atoms with van der Waals surface area (Å²) in [5.41, 5.74) is 8.05. The Morgan fingerprint density at radius 1 is 1.38 bits per heavy atom. The fourth-order valence-electron chi connectivity index (χ4n) is 1.86. The summed E-state index contributed by atoms with van der Waals surface area (Å²) < 4.78 is 9.72. The monoisotopic (exact) mass is 308 g/mol. The molecule has 0 aliphatic carbocycles. The molecular formula is C14H13ClN2O4. The molecule has 1 aromatic heterocycles. The van der Waals surface area contributed by atoms with E-state index in [-0.39, 0.29) is 16.6 Å². The molecule has 0 amide bonds. The van der Waals surface area contributed by atoms with E-state index in [1.807, 2.05) is 13.0 Å². The molecule has 0 saturated heterocycles. The zero-order valence-corrected chi connectivity index (χ0v) is 12.1. The summed E-state index contributed by atoms with van der Waals surface area (Å²) >= 11 is 5.88. The van der Waals surface area contributed by atoms with Crippen molar-refractivity contribution in [2.24, 2.45) is 0 Å². The number of halogens is 1. The number of ether oxygens (including phenoxy) is 2. The fourth-order valence-corrected chi connectivity index (χ4v) is 2.00. The van der Waals surface area contributed by atoms with Crippen LogP contribution in [0.4, 0.5) is 10.5 Å². The number of hydrogen-bond acceptors (Lipinski definition) is 5. The Hall–Kier alpha value is -2.47. The van der Waals surface area contributed by atoms with Crippen LogP contribution in [0.3, 0.4) is 0 Å². The van der Waals surface area contributed by atoms with Gasteiger partial charge in [-0.15, -0.1) is 0 Å². The van der Waals surface area contributed by atoms with Gasteiger partial charge in [0.15, 0.2) is 0 Å². The van der Waals surface area contributed by atoms with E-state index in [4.69, 9.17) is 27.2 Å². The lowest BCUT2D eigenvalue weighted by molar-refractivity contribution is 0.142. The molecule has 0 radical (unpaired) electrons. The summed E-state index contributed by atoms with van der Waals surface area (Å²) in [6, 6.07) is 6.97. The number of rotatable bonds is 3. The molecule has 0 aliphatic rings. The van der Waals surface area contributed by atoms with Crippen LogP contribution in [0, 0.1) is 6.92 Å². The number of benzene rings is 1. The highest BCUT2D eigenvalue weighted by Gasteiger charge is 2.15. The van der Waals surface area contributed by atoms with Crippen molar-refractivity contribution < 1.29 is 19.4 Å². The minimum atomic E-state index is -1.51. The third kappa shape index (κ3) is 3.17. The molecule has 0 atom stereocenters. The average molecular weight is 309 g/mol. The van der Waals surface area contributed by atoms with Gasteiger partial charge in [-0.2, -0.15) is 0 Å². The molecule has 0 aliphatic heterocycles. The topological polar surface area (TPSA) is 94.7 Å². The highest BCUT2D eigenvalue weighted by molar-refractivity contribution is 6.34. The van der Waals surface area contributed by atoms with Crippen LogP contribution in [-0.2, 0) is 0 Å². The van der Waals surface area contributed by atoms with Crippen LogP contribution in [0.2, 0.25) is 5.02 Å². The van der Waals surface area contributed by atoms with Gasteiger partial charge in [0, 0.05) is 5.56 Å². The first-order chi connectivity index (χ1) is 9.92. The van der Waals surface area contributed by atoms with Crippen LogP contribution in [0.1, 0.15) is 5.56 Å². The maximum atomic E-state index is 10.6. The lowest BCUT2D eigenvalue weighted by Gasteiger charge is -2.10. The highest BCUT2D eigenvalue weighted by Crippen LogP contribution is 2.34. The van der Waals surface area contributed by atoms with Gasteiger partial charge in [-0.1, -0.05) is 11.6 Å². The first-order valence-electron chi connectivity index (χ1n) is 5.94. The minimum Gasteiger partial charge on any atom is -0.496 e. The van der Waals surface area contributed by atoms with Gasteiger partial charge in [0.05, 0.1) is 18.5 Å². The lowest BCUT2D eigenvalue weighted by atomic mass is 10.1. The van der Waals surface area contributed by atoms with Gasteiger partial charge in [-0.25, -0.2) is 9.78 Å². The maximum Gasteiger partial charge on any atom is 0.512 e. The minimum absolute atomic E-state index is 0.0358. The molecule has 3 N–H and O–H groups in total. The largest absolute Gasteiger partial charge is 0.512 e. The molecule has 21 heavy (non-hydrogen) atoms. The van der Waals surface area contributed by atoms with E-state index < -0.39 is 6.16 Å². The summed E-state index contributed by atoms with van der Waals surface area (Å²) in [5, 5.41) is 8.64. The van der Waals surface area contributed by atoms with Crippen molar-refractivity contribution in [3.05, 3.63) is 34.9 Å². The second-order valence-electron chi connectivity index (χ2n) is 4.27. The molecule has 2 aromatic rings. The molecule has 0 bridgehead atoms. The van der Waals surface area contributed by atoms with Gasteiger partial charge in [0.2, 0.25) is 5.88 Å². The number of pyridine rings is 1. The second-order valence-corrected chi connectivity index (χ2v) is 4.65. The molecule has 2 rings (SSSR count). The SMILES string of the molecule is COc1ccc(-c2cc(N)c(Cl)c(OC(=O)O)n2)cc1C. The van der Waals surface area contributed by atoms with Crippen LogP contribution >= 0.6 is 11.6 Å². The summed E-state index contributed by atoms with van der Waals surface area (Å²) in [4.78, 5) is 14.7. The third-order valence-corrected chi connectivity index (χ3v) is 3.21. The van der Waals surface area contributed by atoms with Crippen molar-refractivity contribution >= 4 is 23.4 Å². The molecule has 6 nitrogen and oxygen atoms in total. The Bertz CT molecular complexity index is 704. The van der Waals surface area contributed by atoms with Crippen LogP contribution in [0.15, 0.2) is 24.3 Å². The predicted octanol–water partition coefficient (Wildman–Crippen LogP) is 3.36. The van der Waals surface area contributed by atoms with Gasteiger partial charge in [0.1, 0.15) is 10.8 Å². The number of nitrogens with zero attached hydrogens (tertiary/aromatic N) is 1. The van der Waals surface area contributed by atoms with E-state index >= 15 is 0 Å². The Labute approximate surface area is 126 Å². The van der Waals surface area contributed by atoms with Crippen molar-refractivity contribution in [1.82, 2.24) is 4.98 Å². The highest BCUT2D eigenvalue weighted by atomic mass is 35.5. The number of nitrogens with two attached hydrogens (primary N) is 1. The molecule has 0 fully saturated rings. The Morgan fingerprint density at radius 3 is 2.67 bits per heavy atom. The van der Waals surface area contributed by atoms with Crippen LogP contribution in [0.25, 0.3) is 11.3 Å². The van der Waals surface area contributed by atoms with Crippen molar-refractivity contribution in [3.8, 4) is 22.9 Å². The maximum absolute atomic E-state index is 10.6.